The molecular formula is C19H28N2O2S. The van der Waals surface area contributed by atoms with E-state index in [1.165, 1.54) is 24.8 Å². The Bertz CT molecular complexity index is 548. The number of piperidine rings is 1. The minimum absolute atomic E-state index is 0.355. The van der Waals surface area contributed by atoms with E-state index < -0.39 is 0 Å². The molecule has 132 valence electrons. The van der Waals surface area contributed by atoms with E-state index in [1.807, 2.05) is 0 Å². The van der Waals surface area contributed by atoms with Crippen LogP contribution in [0.15, 0.2) is 16.8 Å². The molecule has 1 aliphatic carbocycles. The Hall–Kier alpha value is -0.910. The van der Waals surface area contributed by atoms with Gasteiger partial charge in [-0.2, -0.15) is 11.3 Å². The van der Waals surface area contributed by atoms with E-state index in [2.05, 4.69) is 27.0 Å². The molecule has 0 radical (unpaired) electrons. The lowest BCUT2D eigenvalue weighted by Gasteiger charge is -2.30. The molecule has 1 spiro atoms. The Kier molecular flexibility index (Phi) is 4.93. The van der Waals surface area contributed by atoms with Crippen molar-refractivity contribution in [2.75, 3.05) is 26.3 Å². The third-order valence-electron chi connectivity index (χ3n) is 6.17. The highest BCUT2D eigenvalue weighted by Crippen LogP contribution is 2.56. The van der Waals surface area contributed by atoms with E-state index in [1.54, 1.807) is 11.3 Å². The summed E-state index contributed by atoms with van der Waals surface area (Å²) in [7, 11) is 0. The van der Waals surface area contributed by atoms with E-state index in [9.17, 15) is 4.79 Å². The number of carbonyl (C=O) groups excluding carboxylic acids is 1. The molecule has 3 aliphatic rings. The summed E-state index contributed by atoms with van der Waals surface area (Å²) in [6.45, 7) is 4.73. The smallest absolute Gasteiger partial charge is 0.223 e. The molecule has 1 aromatic rings. The number of carbonyl (C=O) groups is 1. The Balaban J connectivity index is 1.40. The lowest BCUT2D eigenvalue weighted by molar-refractivity contribution is -0.133. The third-order valence-corrected chi connectivity index (χ3v) is 6.90. The van der Waals surface area contributed by atoms with Gasteiger partial charge in [0.05, 0.1) is 0 Å². The van der Waals surface area contributed by atoms with Crippen molar-refractivity contribution < 1.29 is 9.53 Å². The molecule has 1 N–H and O–H groups in total. The van der Waals surface area contributed by atoms with Crippen LogP contribution in [-0.2, 0) is 16.1 Å². The first kappa shape index (κ1) is 16.6. The van der Waals surface area contributed by atoms with Crippen LogP contribution < -0.4 is 5.32 Å². The molecule has 0 unspecified atom stereocenters. The highest BCUT2D eigenvalue weighted by molar-refractivity contribution is 7.07. The molecule has 1 amide bonds. The van der Waals surface area contributed by atoms with Gasteiger partial charge in [-0.3, -0.25) is 4.79 Å². The molecule has 4 nitrogen and oxygen atoms in total. The summed E-state index contributed by atoms with van der Waals surface area (Å²) in [5, 5.41) is 7.76. The van der Waals surface area contributed by atoms with Crippen molar-refractivity contribution >= 4 is 17.2 Å². The van der Waals surface area contributed by atoms with Crippen molar-refractivity contribution in [2.45, 2.75) is 51.1 Å². The molecule has 2 atom stereocenters. The summed E-state index contributed by atoms with van der Waals surface area (Å²) in [5.41, 5.74) is 1.70. The average Bonchev–Trinajstić information content (AvgIpc) is 3.06. The fraction of sp³-hybridized carbons (Fsp3) is 0.737. The second kappa shape index (κ2) is 7.14. The minimum atomic E-state index is 0.355. The van der Waals surface area contributed by atoms with Crippen LogP contribution in [0.5, 0.6) is 0 Å². The molecular weight excluding hydrogens is 320 g/mol. The maximum absolute atomic E-state index is 13.0. The van der Waals surface area contributed by atoms with Crippen LogP contribution in [0.25, 0.3) is 0 Å². The van der Waals surface area contributed by atoms with Crippen LogP contribution in [0.3, 0.4) is 0 Å². The van der Waals surface area contributed by atoms with Crippen LogP contribution >= 0.6 is 11.3 Å². The van der Waals surface area contributed by atoms with Crippen molar-refractivity contribution in [1.82, 2.24) is 10.2 Å². The minimum Gasteiger partial charge on any atom is -0.381 e. The highest BCUT2D eigenvalue weighted by Gasteiger charge is 2.57. The largest absolute Gasteiger partial charge is 0.381 e. The SMILES string of the molecule is O=C(CC[C@@H]1CCOC1)N(Cc1ccsc1)[C@@H]1CC12CCNCC2. The first-order valence-corrected chi connectivity index (χ1v) is 10.3. The quantitative estimate of drug-likeness (QED) is 0.859. The molecule has 3 heterocycles. The number of amides is 1. The third kappa shape index (κ3) is 3.53. The summed E-state index contributed by atoms with van der Waals surface area (Å²) in [5.74, 6) is 0.942. The molecule has 0 aromatic carbocycles. The predicted molar refractivity (Wildman–Crippen MR) is 96.0 cm³/mol. The van der Waals surface area contributed by atoms with Gasteiger partial charge in [-0.15, -0.1) is 0 Å². The second-order valence-corrected chi connectivity index (χ2v) is 8.53. The van der Waals surface area contributed by atoms with Gasteiger partial charge in [0, 0.05) is 32.2 Å². The normalized spacial score (nSPS) is 28.2. The summed E-state index contributed by atoms with van der Waals surface area (Å²) in [6, 6.07) is 2.62. The van der Waals surface area contributed by atoms with Crippen LogP contribution in [0, 0.1) is 11.3 Å². The number of hydrogen-bond donors (Lipinski definition) is 1. The number of hydrogen-bond acceptors (Lipinski definition) is 4. The van der Waals surface area contributed by atoms with Gasteiger partial charge in [-0.1, -0.05) is 0 Å². The fourth-order valence-electron chi connectivity index (χ4n) is 4.46. The number of nitrogens with zero attached hydrogens (tertiary/aromatic N) is 1. The van der Waals surface area contributed by atoms with E-state index >= 15 is 0 Å². The van der Waals surface area contributed by atoms with Gasteiger partial charge >= 0.3 is 0 Å². The van der Waals surface area contributed by atoms with E-state index in [0.717, 1.165) is 45.7 Å². The zero-order valence-electron chi connectivity index (χ0n) is 14.3. The van der Waals surface area contributed by atoms with E-state index in [0.29, 0.717) is 29.7 Å². The maximum atomic E-state index is 13.0. The van der Waals surface area contributed by atoms with Crippen molar-refractivity contribution in [3.8, 4) is 0 Å². The molecule has 0 bridgehead atoms. The first-order chi connectivity index (χ1) is 11.8. The molecule has 4 rings (SSSR count). The van der Waals surface area contributed by atoms with Gasteiger partial charge in [-0.05, 0) is 78.9 Å². The van der Waals surface area contributed by atoms with Gasteiger partial charge in [0.1, 0.15) is 0 Å². The topological polar surface area (TPSA) is 41.6 Å². The monoisotopic (exact) mass is 348 g/mol. The zero-order chi connectivity index (χ0) is 16.4. The molecule has 1 aromatic heterocycles. The van der Waals surface area contributed by atoms with Crippen molar-refractivity contribution in [3.05, 3.63) is 22.4 Å². The second-order valence-electron chi connectivity index (χ2n) is 7.75. The number of nitrogens with one attached hydrogen (secondary N) is 1. The van der Waals surface area contributed by atoms with Crippen LogP contribution in [-0.4, -0.2) is 43.2 Å². The fourth-order valence-corrected chi connectivity index (χ4v) is 5.12. The Labute approximate surface area is 148 Å². The molecule has 5 heteroatoms. The lowest BCUT2D eigenvalue weighted by Crippen LogP contribution is -2.39. The van der Waals surface area contributed by atoms with Crippen molar-refractivity contribution in [2.24, 2.45) is 11.3 Å². The van der Waals surface area contributed by atoms with Gasteiger partial charge < -0.3 is 15.0 Å². The van der Waals surface area contributed by atoms with E-state index in [-0.39, 0.29) is 0 Å². The zero-order valence-corrected chi connectivity index (χ0v) is 15.2. The van der Waals surface area contributed by atoms with Gasteiger partial charge in [0.2, 0.25) is 5.91 Å². The average molecular weight is 349 g/mol. The number of thiophene rings is 1. The Morgan fingerprint density at radius 2 is 2.29 bits per heavy atom. The summed E-state index contributed by atoms with van der Waals surface area (Å²) < 4.78 is 5.45. The predicted octanol–water partition coefficient (Wildman–Crippen LogP) is 3.04. The molecule has 2 saturated heterocycles. The van der Waals surface area contributed by atoms with Crippen LogP contribution in [0.1, 0.15) is 44.1 Å². The summed E-state index contributed by atoms with van der Waals surface area (Å²) in [6.07, 6.45) is 6.44. The van der Waals surface area contributed by atoms with Crippen LogP contribution in [0.2, 0.25) is 0 Å². The maximum Gasteiger partial charge on any atom is 0.223 e. The van der Waals surface area contributed by atoms with Crippen molar-refractivity contribution in [1.29, 1.82) is 0 Å². The lowest BCUT2D eigenvalue weighted by atomic mass is 9.93. The summed E-state index contributed by atoms with van der Waals surface area (Å²) in [4.78, 5) is 15.2. The Morgan fingerprint density at radius 3 is 3.00 bits per heavy atom. The van der Waals surface area contributed by atoms with Gasteiger partial charge in [0.15, 0.2) is 0 Å². The molecule has 3 fully saturated rings. The van der Waals surface area contributed by atoms with E-state index in [4.69, 9.17) is 4.74 Å². The van der Waals surface area contributed by atoms with Crippen molar-refractivity contribution in [3.63, 3.8) is 0 Å². The highest BCUT2D eigenvalue weighted by atomic mass is 32.1. The number of ether oxygens (including phenoxy) is 1. The molecule has 1 saturated carbocycles. The molecule has 2 aliphatic heterocycles. The summed E-state index contributed by atoms with van der Waals surface area (Å²) >= 11 is 1.72. The Morgan fingerprint density at radius 1 is 1.42 bits per heavy atom. The standard InChI is InChI=1S/C19H28N2O2S/c22-18(2-1-15-3-9-23-13-15)21(12-16-4-10-24-14-16)17-11-19(17)5-7-20-8-6-19/h4,10,14-15,17,20H,1-3,5-9,11-13H2/t15-,17-/m1/s1. The van der Waals surface area contributed by atoms with Gasteiger partial charge in [0.25, 0.3) is 0 Å². The van der Waals surface area contributed by atoms with Gasteiger partial charge in [-0.25, -0.2) is 0 Å². The molecule has 24 heavy (non-hydrogen) atoms. The first-order valence-electron chi connectivity index (χ1n) is 9.36. The van der Waals surface area contributed by atoms with Crippen LogP contribution in [0.4, 0.5) is 0 Å². The number of rotatable bonds is 6.